The van der Waals surface area contributed by atoms with Crippen LogP contribution in [0, 0.1) is 5.92 Å². The van der Waals surface area contributed by atoms with Gasteiger partial charge in [0.05, 0.1) is 11.4 Å². The van der Waals surface area contributed by atoms with Gasteiger partial charge < -0.3 is 15.5 Å². The Morgan fingerprint density at radius 3 is 2.42 bits per heavy atom. The maximum atomic E-state index is 11.9. The van der Waals surface area contributed by atoms with Gasteiger partial charge in [-0.15, -0.1) is 0 Å². The van der Waals surface area contributed by atoms with Crippen LogP contribution in [0.2, 0.25) is 0 Å². The average Bonchev–Trinajstić information content (AvgIpc) is 2.37. The molecular weight excluding hydrogens is 238 g/mol. The van der Waals surface area contributed by atoms with Crippen LogP contribution >= 0.6 is 0 Å². The van der Waals surface area contributed by atoms with Gasteiger partial charge in [-0.2, -0.15) is 0 Å². The maximum Gasteiger partial charge on any atom is 0.253 e. The largest absolute Gasteiger partial charge is 0.397 e. The molecule has 4 nitrogen and oxygen atoms in total. The first kappa shape index (κ1) is 15.3. The van der Waals surface area contributed by atoms with Crippen LogP contribution in [-0.2, 0) is 0 Å². The molecule has 0 saturated heterocycles. The number of hydrogen-bond acceptors (Lipinski definition) is 3. The van der Waals surface area contributed by atoms with E-state index in [9.17, 15) is 4.79 Å². The molecule has 0 bridgehead atoms. The highest BCUT2D eigenvalue weighted by atomic mass is 16.2. The number of nitrogens with two attached hydrogens (primary N) is 1. The van der Waals surface area contributed by atoms with Crippen molar-refractivity contribution in [3.8, 4) is 0 Å². The van der Waals surface area contributed by atoms with Crippen LogP contribution in [0.15, 0.2) is 18.2 Å². The number of nitrogen functional groups attached to an aromatic ring is 1. The van der Waals surface area contributed by atoms with Crippen LogP contribution in [0.1, 0.15) is 30.6 Å². The van der Waals surface area contributed by atoms with Crippen molar-refractivity contribution in [2.45, 2.75) is 20.3 Å². The fourth-order valence-corrected chi connectivity index (χ4v) is 1.99. The molecule has 0 fully saturated rings. The van der Waals surface area contributed by atoms with Crippen molar-refractivity contribution in [1.82, 2.24) is 4.90 Å². The van der Waals surface area contributed by atoms with Crippen molar-refractivity contribution >= 4 is 17.3 Å². The van der Waals surface area contributed by atoms with E-state index >= 15 is 0 Å². The number of carbonyl (C=O) groups excluding carboxylic acids is 1. The van der Waals surface area contributed by atoms with E-state index < -0.39 is 0 Å². The van der Waals surface area contributed by atoms with Gasteiger partial charge in [0.15, 0.2) is 0 Å². The second kappa shape index (κ2) is 6.45. The normalized spacial score (nSPS) is 12.1. The summed E-state index contributed by atoms with van der Waals surface area (Å²) in [5, 5.41) is 0. The van der Waals surface area contributed by atoms with Crippen LogP contribution in [0.25, 0.3) is 0 Å². The van der Waals surface area contributed by atoms with Gasteiger partial charge in [-0.1, -0.05) is 20.3 Å². The highest BCUT2D eigenvalue weighted by Gasteiger charge is 2.13. The van der Waals surface area contributed by atoms with Gasteiger partial charge >= 0.3 is 0 Å². The Morgan fingerprint density at radius 2 is 1.95 bits per heavy atom. The van der Waals surface area contributed by atoms with Crippen molar-refractivity contribution in [2.75, 3.05) is 38.3 Å². The molecule has 1 atom stereocenters. The molecule has 106 valence electrons. The van der Waals surface area contributed by atoms with Crippen LogP contribution in [0.3, 0.4) is 0 Å². The fraction of sp³-hybridized carbons (Fsp3) is 0.533. The van der Waals surface area contributed by atoms with Gasteiger partial charge in [0, 0.05) is 33.3 Å². The summed E-state index contributed by atoms with van der Waals surface area (Å²) in [7, 11) is 5.51. The number of amides is 1. The molecular formula is C15H25N3O. The predicted molar refractivity (Wildman–Crippen MR) is 81.6 cm³/mol. The molecule has 19 heavy (non-hydrogen) atoms. The molecule has 0 aromatic heterocycles. The van der Waals surface area contributed by atoms with E-state index in [0.717, 1.165) is 18.7 Å². The summed E-state index contributed by atoms with van der Waals surface area (Å²) in [6, 6.07) is 5.51. The van der Waals surface area contributed by atoms with Gasteiger partial charge in [-0.05, 0) is 24.1 Å². The zero-order valence-electron chi connectivity index (χ0n) is 12.6. The lowest BCUT2D eigenvalue weighted by Crippen LogP contribution is -2.25. The van der Waals surface area contributed by atoms with E-state index in [1.165, 1.54) is 0 Å². The second-order valence-corrected chi connectivity index (χ2v) is 5.37. The van der Waals surface area contributed by atoms with E-state index in [2.05, 4.69) is 18.7 Å². The number of rotatable bonds is 5. The highest BCUT2D eigenvalue weighted by Crippen LogP contribution is 2.24. The van der Waals surface area contributed by atoms with E-state index in [-0.39, 0.29) is 5.91 Å². The Kier molecular flexibility index (Phi) is 5.21. The Labute approximate surface area is 116 Å². The number of carbonyl (C=O) groups is 1. The lowest BCUT2D eigenvalue weighted by atomic mass is 10.1. The zero-order valence-corrected chi connectivity index (χ0v) is 12.6. The maximum absolute atomic E-state index is 11.9. The van der Waals surface area contributed by atoms with E-state index in [4.69, 9.17) is 5.73 Å². The summed E-state index contributed by atoms with van der Waals surface area (Å²) < 4.78 is 0. The number of anilines is 2. The number of hydrogen-bond donors (Lipinski definition) is 1. The molecule has 0 aliphatic carbocycles. The van der Waals surface area contributed by atoms with Crippen LogP contribution in [0.5, 0.6) is 0 Å². The summed E-state index contributed by atoms with van der Waals surface area (Å²) >= 11 is 0. The molecule has 0 aliphatic rings. The molecule has 0 saturated carbocycles. The lowest BCUT2D eigenvalue weighted by molar-refractivity contribution is 0.0827. The first-order valence-corrected chi connectivity index (χ1v) is 6.69. The average molecular weight is 263 g/mol. The summed E-state index contributed by atoms with van der Waals surface area (Å²) in [5.41, 5.74) is 8.33. The van der Waals surface area contributed by atoms with Gasteiger partial charge in [-0.3, -0.25) is 4.79 Å². The number of nitrogens with zero attached hydrogens (tertiary/aromatic N) is 2. The molecule has 1 aromatic rings. The molecule has 1 aromatic carbocycles. The third-order valence-corrected chi connectivity index (χ3v) is 3.37. The molecule has 0 radical (unpaired) electrons. The minimum absolute atomic E-state index is 0.0252. The second-order valence-electron chi connectivity index (χ2n) is 5.37. The van der Waals surface area contributed by atoms with Crippen LogP contribution < -0.4 is 10.6 Å². The third-order valence-electron chi connectivity index (χ3n) is 3.37. The van der Waals surface area contributed by atoms with Crippen molar-refractivity contribution in [1.29, 1.82) is 0 Å². The van der Waals surface area contributed by atoms with E-state index in [1.807, 2.05) is 19.2 Å². The van der Waals surface area contributed by atoms with Gasteiger partial charge in [-0.25, -0.2) is 0 Å². The molecule has 1 amide bonds. The summed E-state index contributed by atoms with van der Waals surface area (Å²) in [4.78, 5) is 15.6. The first-order valence-electron chi connectivity index (χ1n) is 6.69. The zero-order chi connectivity index (χ0) is 14.6. The minimum Gasteiger partial charge on any atom is -0.397 e. The Hall–Kier alpha value is -1.71. The highest BCUT2D eigenvalue weighted by molar-refractivity contribution is 5.95. The monoisotopic (exact) mass is 263 g/mol. The Bertz CT molecular complexity index is 443. The van der Waals surface area contributed by atoms with Crippen molar-refractivity contribution < 1.29 is 4.79 Å². The third kappa shape index (κ3) is 3.88. The fourth-order valence-electron chi connectivity index (χ4n) is 1.99. The summed E-state index contributed by atoms with van der Waals surface area (Å²) in [5.74, 6) is 0.593. The lowest BCUT2D eigenvalue weighted by Gasteiger charge is -2.24. The molecule has 1 unspecified atom stereocenters. The Morgan fingerprint density at radius 1 is 1.32 bits per heavy atom. The van der Waals surface area contributed by atoms with E-state index in [1.54, 1.807) is 25.1 Å². The van der Waals surface area contributed by atoms with Crippen LogP contribution in [-0.4, -0.2) is 38.5 Å². The molecule has 0 spiro atoms. The van der Waals surface area contributed by atoms with Crippen LogP contribution in [0.4, 0.5) is 11.4 Å². The van der Waals surface area contributed by atoms with Gasteiger partial charge in [0.1, 0.15) is 0 Å². The summed E-state index contributed by atoms with van der Waals surface area (Å²) in [6.45, 7) is 5.36. The van der Waals surface area contributed by atoms with E-state index in [0.29, 0.717) is 17.2 Å². The quantitative estimate of drug-likeness (QED) is 0.830. The van der Waals surface area contributed by atoms with Crippen molar-refractivity contribution in [3.05, 3.63) is 23.8 Å². The smallest absolute Gasteiger partial charge is 0.253 e. The molecule has 0 aliphatic heterocycles. The molecule has 1 rings (SSSR count). The minimum atomic E-state index is -0.0252. The first-order chi connectivity index (χ1) is 8.86. The Balaban J connectivity index is 2.91. The number of benzene rings is 1. The SMILES string of the molecule is CCC(C)CN(C)c1ccc(C(=O)N(C)C)cc1N. The molecule has 0 heterocycles. The topological polar surface area (TPSA) is 49.6 Å². The summed E-state index contributed by atoms with van der Waals surface area (Å²) in [6.07, 6.45) is 1.14. The van der Waals surface area contributed by atoms with Gasteiger partial charge in [0.2, 0.25) is 0 Å². The van der Waals surface area contributed by atoms with Gasteiger partial charge in [0.25, 0.3) is 5.91 Å². The molecule has 2 N–H and O–H groups in total. The molecule has 4 heteroatoms. The van der Waals surface area contributed by atoms with Crippen molar-refractivity contribution in [3.63, 3.8) is 0 Å². The predicted octanol–water partition coefficient (Wildman–Crippen LogP) is 2.45. The van der Waals surface area contributed by atoms with Crippen molar-refractivity contribution in [2.24, 2.45) is 5.92 Å². The standard InChI is InChI=1S/C15H25N3O/c1-6-11(2)10-18(5)14-8-7-12(9-13(14)16)15(19)17(3)4/h7-9,11H,6,10,16H2,1-5H3.